The molecule has 0 aromatic heterocycles. The second-order valence-corrected chi connectivity index (χ2v) is 6.21. The molecule has 2 aliphatic rings. The third kappa shape index (κ3) is 3.01. The molecule has 7 heteroatoms. The van der Waals surface area contributed by atoms with Crippen LogP contribution in [0.5, 0.6) is 11.5 Å². The molecule has 0 radical (unpaired) electrons. The van der Waals surface area contributed by atoms with E-state index in [0.717, 1.165) is 0 Å². The van der Waals surface area contributed by atoms with Crippen LogP contribution in [0.15, 0.2) is 48.2 Å². The molecule has 0 bridgehead atoms. The number of carbonyl (C=O) groups excluding carboxylic acids is 2. The van der Waals surface area contributed by atoms with E-state index in [9.17, 15) is 14.0 Å². The van der Waals surface area contributed by atoms with Gasteiger partial charge in [-0.3, -0.25) is 14.5 Å². The number of rotatable bonds is 5. The number of benzene rings is 2. The topological polar surface area (TPSA) is 67.9 Å². The summed E-state index contributed by atoms with van der Waals surface area (Å²) in [6.07, 6.45) is 0.644. The number of anilines is 1. The lowest BCUT2D eigenvalue weighted by molar-refractivity contribution is -0.136. The van der Waals surface area contributed by atoms with Crippen LogP contribution >= 0.6 is 0 Å². The second kappa shape index (κ2) is 6.75. The van der Waals surface area contributed by atoms with Crippen LogP contribution in [0.25, 0.3) is 5.57 Å². The maximum absolute atomic E-state index is 13.3. The van der Waals surface area contributed by atoms with E-state index in [1.807, 2.05) is 6.92 Å². The highest BCUT2D eigenvalue weighted by molar-refractivity contribution is 6.36. The Bertz CT molecular complexity index is 953. The van der Waals surface area contributed by atoms with Crippen molar-refractivity contribution in [2.24, 2.45) is 0 Å². The van der Waals surface area contributed by atoms with Gasteiger partial charge >= 0.3 is 0 Å². The van der Waals surface area contributed by atoms with Crippen molar-refractivity contribution in [3.63, 3.8) is 0 Å². The highest BCUT2D eigenvalue weighted by Crippen LogP contribution is 2.36. The third-order valence-corrected chi connectivity index (χ3v) is 4.39. The van der Waals surface area contributed by atoms with Crippen LogP contribution in [0.1, 0.15) is 18.9 Å². The molecule has 6 nitrogen and oxygen atoms in total. The molecule has 0 saturated carbocycles. The van der Waals surface area contributed by atoms with Gasteiger partial charge in [0.2, 0.25) is 6.79 Å². The normalized spacial score (nSPS) is 15.7. The van der Waals surface area contributed by atoms with E-state index in [1.54, 1.807) is 18.2 Å². The largest absolute Gasteiger partial charge is 0.454 e. The molecule has 2 aliphatic heterocycles. The van der Waals surface area contributed by atoms with Crippen molar-refractivity contribution in [1.82, 2.24) is 4.90 Å². The van der Waals surface area contributed by atoms with Gasteiger partial charge in [-0.2, -0.15) is 0 Å². The van der Waals surface area contributed by atoms with Gasteiger partial charge in [-0.05, 0) is 36.2 Å². The Morgan fingerprint density at radius 3 is 2.52 bits per heavy atom. The molecule has 2 aromatic rings. The summed E-state index contributed by atoms with van der Waals surface area (Å²) in [5.41, 5.74) is 1.47. The number of amides is 2. The highest BCUT2D eigenvalue weighted by atomic mass is 19.1. The average Bonchev–Trinajstić information content (AvgIpc) is 3.21. The van der Waals surface area contributed by atoms with Gasteiger partial charge in [-0.15, -0.1) is 0 Å². The van der Waals surface area contributed by atoms with Gasteiger partial charge < -0.3 is 14.8 Å². The number of carbonyl (C=O) groups is 2. The van der Waals surface area contributed by atoms with E-state index < -0.39 is 17.6 Å². The first kappa shape index (κ1) is 17.1. The fraction of sp³-hybridized carbons (Fsp3) is 0.200. The number of imide groups is 1. The molecule has 2 aromatic carbocycles. The average molecular weight is 368 g/mol. The van der Waals surface area contributed by atoms with Crippen molar-refractivity contribution in [1.29, 1.82) is 0 Å². The molecular formula is C20H17FN2O4. The first-order chi connectivity index (χ1) is 13.1. The number of ether oxygens (including phenoxy) is 2. The second-order valence-electron chi connectivity index (χ2n) is 6.21. The predicted molar refractivity (Wildman–Crippen MR) is 96.5 cm³/mol. The molecule has 27 heavy (non-hydrogen) atoms. The van der Waals surface area contributed by atoms with E-state index in [0.29, 0.717) is 35.7 Å². The number of halogens is 1. The Balaban J connectivity index is 1.75. The van der Waals surface area contributed by atoms with Crippen molar-refractivity contribution in [3.8, 4) is 11.5 Å². The van der Waals surface area contributed by atoms with Gasteiger partial charge in [0.25, 0.3) is 11.8 Å². The number of nitrogens with zero attached hydrogens (tertiary/aromatic N) is 1. The van der Waals surface area contributed by atoms with Crippen LogP contribution in [-0.2, 0) is 9.59 Å². The van der Waals surface area contributed by atoms with Crippen LogP contribution in [-0.4, -0.2) is 30.1 Å². The zero-order valence-electron chi connectivity index (χ0n) is 14.6. The first-order valence-electron chi connectivity index (χ1n) is 8.61. The fourth-order valence-electron chi connectivity index (χ4n) is 3.12. The van der Waals surface area contributed by atoms with E-state index in [4.69, 9.17) is 9.47 Å². The van der Waals surface area contributed by atoms with Crippen molar-refractivity contribution >= 4 is 23.1 Å². The molecule has 0 aliphatic carbocycles. The lowest BCUT2D eigenvalue weighted by atomic mass is 10.0. The van der Waals surface area contributed by atoms with Gasteiger partial charge in [-0.25, -0.2) is 4.39 Å². The smallest absolute Gasteiger partial charge is 0.278 e. The Hall–Kier alpha value is -3.35. The van der Waals surface area contributed by atoms with Crippen molar-refractivity contribution in [2.75, 3.05) is 18.7 Å². The summed E-state index contributed by atoms with van der Waals surface area (Å²) in [7, 11) is 0. The predicted octanol–water partition coefficient (Wildman–Crippen LogP) is 3.16. The third-order valence-electron chi connectivity index (χ3n) is 4.39. The monoisotopic (exact) mass is 368 g/mol. The summed E-state index contributed by atoms with van der Waals surface area (Å²) in [5, 5.41) is 3.04. The van der Waals surface area contributed by atoms with E-state index in [1.165, 1.54) is 29.2 Å². The van der Waals surface area contributed by atoms with Crippen molar-refractivity contribution in [3.05, 3.63) is 59.5 Å². The Morgan fingerprint density at radius 2 is 1.78 bits per heavy atom. The molecule has 0 saturated heterocycles. The van der Waals surface area contributed by atoms with Crippen LogP contribution in [0.3, 0.4) is 0 Å². The minimum Gasteiger partial charge on any atom is -0.454 e. The van der Waals surface area contributed by atoms with Crippen LogP contribution in [0.4, 0.5) is 10.1 Å². The molecule has 0 unspecified atom stereocenters. The molecule has 2 amide bonds. The first-order valence-corrected chi connectivity index (χ1v) is 8.61. The molecule has 0 atom stereocenters. The van der Waals surface area contributed by atoms with Crippen LogP contribution in [0.2, 0.25) is 0 Å². The van der Waals surface area contributed by atoms with Gasteiger partial charge in [-0.1, -0.05) is 19.1 Å². The number of nitrogens with one attached hydrogen (secondary N) is 1. The standard InChI is InChI=1S/C20H17FN2O4/c1-2-9-23-19(24)17(12-3-5-13(21)6-4-12)18(20(23)25)22-14-7-8-15-16(10-14)27-11-26-15/h3-8,10,22H,2,9,11H2,1H3. The SMILES string of the molecule is CCCN1C(=O)C(Nc2ccc3c(c2)OCO3)=C(c2ccc(F)cc2)C1=O. The maximum atomic E-state index is 13.3. The lowest BCUT2D eigenvalue weighted by Crippen LogP contribution is -2.33. The Morgan fingerprint density at radius 1 is 1.04 bits per heavy atom. The van der Waals surface area contributed by atoms with Crippen LogP contribution < -0.4 is 14.8 Å². The quantitative estimate of drug-likeness (QED) is 0.821. The summed E-state index contributed by atoms with van der Waals surface area (Å²) < 4.78 is 23.9. The minimum absolute atomic E-state index is 0.143. The summed E-state index contributed by atoms with van der Waals surface area (Å²) in [4.78, 5) is 26.9. The highest BCUT2D eigenvalue weighted by Gasteiger charge is 2.38. The van der Waals surface area contributed by atoms with Crippen molar-refractivity contribution in [2.45, 2.75) is 13.3 Å². The van der Waals surface area contributed by atoms with Gasteiger partial charge in [0, 0.05) is 18.3 Å². The molecular weight excluding hydrogens is 351 g/mol. The maximum Gasteiger partial charge on any atom is 0.278 e. The Kier molecular flexibility index (Phi) is 4.27. The summed E-state index contributed by atoms with van der Waals surface area (Å²) >= 11 is 0. The lowest BCUT2D eigenvalue weighted by Gasteiger charge is -2.13. The molecule has 0 spiro atoms. The molecule has 138 valence electrons. The number of fused-ring (bicyclic) bond motifs is 1. The fourth-order valence-corrected chi connectivity index (χ4v) is 3.12. The molecule has 0 fully saturated rings. The summed E-state index contributed by atoms with van der Waals surface area (Å²) in [5.74, 6) is -0.0248. The molecule has 2 heterocycles. The Labute approximate surface area is 155 Å². The van der Waals surface area contributed by atoms with E-state index in [2.05, 4.69) is 5.32 Å². The van der Waals surface area contributed by atoms with E-state index >= 15 is 0 Å². The number of hydrogen-bond donors (Lipinski definition) is 1. The minimum atomic E-state index is -0.410. The summed E-state index contributed by atoms with van der Waals surface area (Å²) in [6.45, 7) is 2.35. The number of hydrogen-bond acceptors (Lipinski definition) is 5. The van der Waals surface area contributed by atoms with Gasteiger partial charge in [0.15, 0.2) is 11.5 Å². The van der Waals surface area contributed by atoms with Gasteiger partial charge in [0.1, 0.15) is 11.5 Å². The van der Waals surface area contributed by atoms with Gasteiger partial charge in [0.05, 0.1) is 5.57 Å². The van der Waals surface area contributed by atoms with Crippen molar-refractivity contribution < 1.29 is 23.5 Å². The zero-order chi connectivity index (χ0) is 19.0. The zero-order valence-corrected chi connectivity index (χ0v) is 14.6. The van der Waals surface area contributed by atoms with E-state index in [-0.39, 0.29) is 18.1 Å². The van der Waals surface area contributed by atoms with Crippen LogP contribution in [0, 0.1) is 5.82 Å². The molecule has 1 N–H and O–H groups in total. The summed E-state index contributed by atoms with van der Waals surface area (Å²) in [6, 6.07) is 10.7. The molecule has 4 rings (SSSR count).